The summed E-state index contributed by atoms with van der Waals surface area (Å²) in [6.45, 7) is 4.08. The molecule has 0 atom stereocenters. The number of aryl methyl sites for hydroxylation is 1. The predicted molar refractivity (Wildman–Crippen MR) is 71.5 cm³/mol. The van der Waals surface area contributed by atoms with Crippen LogP contribution in [0, 0.1) is 0 Å². The fourth-order valence-electron chi connectivity index (χ4n) is 2.29. The van der Waals surface area contributed by atoms with Gasteiger partial charge in [0.05, 0.1) is 5.56 Å². The normalized spacial score (nSPS) is 10.6. The van der Waals surface area contributed by atoms with Crippen molar-refractivity contribution in [3.63, 3.8) is 0 Å². The standard InChI is InChI=1S/C15H17NO2/c1-3-11-7-5-6-8-14(11)16-10-9-12(15(17)18)13(16)4-2/h5-10H,3-4H2,1-2H3,(H,17,18). The highest BCUT2D eigenvalue weighted by Crippen LogP contribution is 2.21. The van der Waals surface area contributed by atoms with Crippen molar-refractivity contribution in [2.24, 2.45) is 0 Å². The smallest absolute Gasteiger partial charge is 0.337 e. The first-order valence-corrected chi connectivity index (χ1v) is 6.20. The third-order valence-corrected chi connectivity index (χ3v) is 3.19. The lowest BCUT2D eigenvalue weighted by molar-refractivity contribution is 0.0696. The minimum Gasteiger partial charge on any atom is -0.478 e. The molecule has 0 aliphatic carbocycles. The highest BCUT2D eigenvalue weighted by molar-refractivity contribution is 5.89. The molecule has 1 aromatic heterocycles. The number of carbonyl (C=O) groups is 1. The number of para-hydroxylation sites is 1. The molecule has 0 aliphatic rings. The number of carboxylic acids is 1. The van der Waals surface area contributed by atoms with E-state index in [4.69, 9.17) is 0 Å². The van der Waals surface area contributed by atoms with Gasteiger partial charge in [0.15, 0.2) is 0 Å². The summed E-state index contributed by atoms with van der Waals surface area (Å²) in [5, 5.41) is 9.17. The Hall–Kier alpha value is -2.03. The Kier molecular flexibility index (Phi) is 3.51. The van der Waals surface area contributed by atoms with Crippen molar-refractivity contribution in [3.05, 3.63) is 53.3 Å². The molecule has 1 heterocycles. The summed E-state index contributed by atoms with van der Waals surface area (Å²) in [7, 11) is 0. The highest BCUT2D eigenvalue weighted by atomic mass is 16.4. The number of benzene rings is 1. The summed E-state index contributed by atoms with van der Waals surface area (Å²) >= 11 is 0. The Morgan fingerprint density at radius 3 is 2.50 bits per heavy atom. The van der Waals surface area contributed by atoms with E-state index in [1.807, 2.05) is 35.9 Å². The Bertz CT molecular complexity index is 570. The summed E-state index contributed by atoms with van der Waals surface area (Å²) in [6.07, 6.45) is 3.48. The lowest BCUT2D eigenvalue weighted by Crippen LogP contribution is -2.06. The molecule has 0 aliphatic heterocycles. The van der Waals surface area contributed by atoms with Gasteiger partial charge in [-0.1, -0.05) is 32.0 Å². The second kappa shape index (κ2) is 5.08. The van der Waals surface area contributed by atoms with Crippen molar-refractivity contribution >= 4 is 5.97 Å². The van der Waals surface area contributed by atoms with Gasteiger partial charge in [-0.3, -0.25) is 0 Å². The minimum atomic E-state index is -0.862. The first kappa shape index (κ1) is 12.4. The predicted octanol–water partition coefficient (Wildman–Crippen LogP) is 3.30. The van der Waals surface area contributed by atoms with Crippen LogP contribution in [-0.4, -0.2) is 15.6 Å². The van der Waals surface area contributed by atoms with Gasteiger partial charge < -0.3 is 9.67 Å². The van der Waals surface area contributed by atoms with Crippen LogP contribution in [0.1, 0.15) is 35.5 Å². The molecule has 0 saturated carbocycles. The van der Waals surface area contributed by atoms with Gasteiger partial charge in [0.1, 0.15) is 0 Å². The number of hydrogen-bond donors (Lipinski definition) is 1. The Morgan fingerprint density at radius 2 is 1.89 bits per heavy atom. The maximum Gasteiger partial charge on any atom is 0.337 e. The Labute approximate surface area is 107 Å². The van der Waals surface area contributed by atoms with Crippen LogP contribution in [0.5, 0.6) is 0 Å². The molecule has 0 spiro atoms. The van der Waals surface area contributed by atoms with Crippen LogP contribution in [0.15, 0.2) is 36.5 Å². The quantitative estimate of drug-likeness (QED) is 0.895. The number of rotatable bonds is 4. The van der Waals surface area contributed by atoms with E-state index in [9.17, 15) is 9.90 Å². The molecule has 0 radical (unpaired) electrons. The highest BCUT2D eigenvalue weighted by Gasteiger charge is 2.15. The summed E-state index contributed by atoms with van der Waals surface area (Å²) in [5.74, 6) is -0.862. The van der Waals surface area contributed by atoms with E-state index >= 15 is 0 Å². The molecule has 0 fully saturated rings. The molecule has 0 saturated heterocycles. The Balaban J connectivity index is 2.61. The average Bonchev–Trinajstić information content (AvgIpc) is 2.82. The maximum atomic E-state index is 11.2. The van der Waals surface area contributed by atoms with Gasteiger partial charge in [-0.05, 0) is 30.5 Å². The van der Waals surface area contributed by atoms with Crippen molar-refractivity contribution in [1.82, 2.24) is 4.57 Å². The van der Waals surface area contributed by atoms with Gasteiger partial charge in [-0.2, -0.15) is 0 Å². The molecule has 2 aromatic rings. The maximum absolute atomic E-state index is 11.2. The zero-order chi connectivity index (χ0) is 13.1. The third kappa shape index (κ3) is 2.04. The summed E-state index contributed by atoms with van der Waals surface area (Å²) in [6, 6.07) is 9.77. The van der Waals surface area contributed by atoms with E-state index in [-0.39, 0.29) is 0 Å². The van der Waals surface area contributed by atoms with Crippen molar-refractivity contribution < 1.29 is 9.90 Å². The first-order valence-electron chi connectivity index (χ1n) is 6.20. The molecular formula is C15H17NO2. The second-order valence-corrected chi connectivity index (χ2v) is 4.19. The monoisotopic (exact) mass is 243 g/mol. The molecule has 1 aromatic carbocycles. The van der Waals surface area contributed by atoms with Gasteiger partial charge in [0.2, 0.25) is 0 Å². The van der Waals surface area contributed by atoms with E-state index in [0.717, 1.165) is 17.8 Å². The van der Waals surface area contributed by atoms with E-state index in [1.165, 1.54) is 5.56 Å². The second-order valence-electron chi connectivity index (χ2n) is 4.19. The van der Waals surface area contributed by atoms with Crippen LogP contribution in [0.4, 0.5) is 0 Å². The molecule has 94 valence electrons. The molecule has 0 amide bonds. The molecule has 0 unspecified atom stereocenters. The van der Waals surface area contributed by atoms with Crippen molar-refractivity contribution in [1.29, 1.82) is 0 Å². The molecule has 1 N–H and O–H groups in total. The lowest BCUT2D eigenvalue weighted by atomic mass is 10.1. The summed E-state index contributed by atoms with van der Waals surface area (Å²) in [5.41, 5.74) is 3.54. The van der Waals surface area contributed by atoms with Gasteiger partial charge in [-0.25, -0.2) is 4.79 Å². The molecule has 3 nitrogen and oxygen atoms in total. The SMILES string of the molecule is CCc1ccccc1-n1ccc(C(=O)O)c1CC. The molecule has 18 heavy (non-hydrogen) atoms. The average molecular weight is 243 g/mol. The topological polar surface area (TPSA) is 42.2 Å². The van der Waals surface area contributed by atoms with E-state index < -0.39 is 5.97 Å². The van der Waals surface area contributed by atoms with Gasteiger partial charge >= 0.3 is 5.97 Å². The van der Waals surface area contributed by atoms with Crippen molar-refractivity contribution in [2.45, 2.75) is 26.7 Å². The van der Waals surface area contributed by atoms with Gasteiger partial charge in [0.25, 0.3) is 0 Å². The zero-order valence-electron chi connectivity index (χ0n) is 10.7. The molecule has 0 bridgehead atoms. The Morgan fingerprint density at radius 1 is 1.17 bits per heavy atom. The fraction of sp³-hybridized carbons (Fsp3) is 0.267. The fourth-order valence-corrected chi connectivity index (χ4v) is 2.29. The molecule has 3 heteroatoms. The van der Waals surface area contributed by atoms with Crippen molar-refractivity contribution in [2.75, 3.05) is 0 Å². The van der Waals surface area contributed by atoms with Crippen LogP contribution in [0.2, 0.25) is 0 Å². The van der Waals surface area contributed by atoms with Crippen LogP contribution in [0.3, 0.4) is 0 Å². The first-order chi connectivity index (χ1) is 8.69. The third-order valence-electron chi connectivity index (χ3n) is 3.19. The number of hydrogen-bond acceptors (Lipinski definition) is 1. The minimum absolute atomic E-state index is 0.392. The number of nitrogens with zero attached hydrogens (tertiary/aromatic N) is 1. The van der Waals surface area contributed by atoms with Crippen LogP contribution in [0.25, 0.3) is 5.69 Å². The lowest BCUT2D eigenvalue weighted by Gasteiger charge is -2.12. The number of carboxylic acid groups (broad SMARTS) is 1. The summed E-state index contributed by atoms with van der Waals surface area (Å²) in [4.78, 5) is 11.2. The van der Waals surface area contributed by atoms with Gasteiger partial charge in [-0.15, -0.1) is 0 Å². The van der Waals surface area contributed by atoms with Gasteiger partial charge in [0, 0.05) is 17.6 Å². The molecule has 2 rings (SSSR count). The van der Waals surface area contributed by atoms with E-state index in [0.29, 0.717) is 12.0 Å². The number of aromatic nitrogens is 1. The van der Waals surface area contributed by atoms with Crippen LogP contribution < -0.4 is 0 Å². The van der Waals surface area contributed by atoms with E-state index in [2.05, 4.69) is 13.0 Å². The van der Waals surface area contributed by atoms with Crippen LogP contribution in [-0.2, 0) is 12.8 Å². The van der Waals surface area contributed by atoms with Crippen molar-refractivity contribution in [3.8, 4) is 5.69 Å². The zero-order valence-corrected chi connectivity index (χ0v) is 10.7. The summed E-state index contributed by atoms with van der Waals surface area (Å²) < 4.78 is 1.99. The van der Waals surface area contributed by atoms with Crippen LogP contribution >= 0.6 is 0 Å². The largest absolute Gasteiger partial charge is 0.478 e. The van der Waals surface area contributed by atoms with E-state index in [1.54, 1.807) is 6.07 Å². The molecular weight excluding hydrogens is 226 g/mol. The number of aromatic carboxylic acids is 1.